The number of fused-ring (bicyclic) bond motifs is 1. The average molecular weight is 611 g/mol. The highest BCUT2D eigenvalue weighted by Crippen LogP contribution is 2.24. The predicted molar refractivity (Wildman–Crippen MR) is 164 cm³/mol. The van der Waals surface area contributed by atoms with Gasteiger partial charge in [0, 0.05) is 42.1 Å². The minimum Gasteiger partial charge on any atom is -0.497 e. The van der Waals surface area contributed by atoms with Gasteiger partial charge < -0.3 is 25.0 Å². The van der Waals surface area contributed by atoms with Crippen molar-refractivity contribution < 1.29 is 28.2 Å². The molecule has 0 aliphatic heterocycles. The van der Waals surface area contributed by atoms with Crippen LogP contribution in [0.4, 0.5) is 8.78 Å². The molecule has 228 valence electrons. The molecule has 0 spiro atoms. The number of H-pyrrole nitrogens is 1. The largest absolute Gasteiger partial charge is 0.497 e. The van der Waals surface area contributed by atoms with E-state index in [2.05, 4.69) is 15.3 Å². The maximum atomic E-state index is 14.0. The number of methoxy groups -OCH3 is 1. The van der Waals surface area contributed by atoms with Gasteiger partial charge in [0.2, 0.25) is 0 Å². The molecule has 0 saturated carbocycles. The third-order valence-electron chi connectivity index (χ3n) is 6.86. The van der Waals surface area contributed by atoms with E-state index in [0.717, 1.165) is 29.9 Å². The van der Waals surface area contributed by atoms with E-state index in [9.17, 15) is 23.5 Å². The van der Waals surface area contributed by atoms with E-state index in [4.69, 9.17) is 4.74 Å². The van der Waals surface area contributed by atoms with Gasteiger partial charge in [0.1, 0.15) is 17.4 Å². The van der Waals surface area contributed by atoms with Gasteiger partial charge in [0.15, 0.2) is 5.16 Å². The summed E-state index contributed by atoms with van der Waals surface area (Å²) in [6, 6.07) is 14.0. The van der Waals surface area contributed by atoms with E-state index < -0.39 is 29.7 Å². The molecule has 1 aromatic heterocycles. The number of amides is 2. The number of hydrogen-bond acceptors (Lipinski definition) is 6. The van der Waals surface area contributed by atoms with Crippen LogP contribution in [-0.4, -0.2) is 69.9 Å². The van der Waals surface area contributed by atoms with Gasteiger partial charge in [-0.3, -0.25) is 9.59 Å². The highest BCUT2D eigenvalue weighted by atomic mass is 32.2. The first kappa shape index (κ1) is 32.0. The summed E-state index contributed by atoms with van der Waals surface area (Å²) >= 11 is 1.25. The Morgan fingerprint density at radius 1 is 1.02 bits per heavy atom. The zero-order valence-corrected chi connectivity index (χ0v) is 25.2. The zero-order chi connectivity index (χ0) is 30.9. The van der Waals surface area contributed by atoms with Gasteiger partial charge in [-0.2, -0.15) is 0 Å². The molecule has 3 aromatic carbocycles. The number of halogens is 2. The van der Waals surface area contributed by atoms with Gasteiger partial charge in [-0.15, -0.1) is 0 Å². The minimum absolute atomic E-state index is 0.0289. The number of rotatable bonds is 14. The van der Waals surface area contributed by atoms with E-state index in [0.29, 0.717) is 29.6 Å². The Labute approximate surface area is 253 Å². The Kier molecular flexibility index (Phi) is 11.1. The first-order valence-corrected chi connectivity index (χ1v) is 15.2. The average Bonchev–Trinajstić information content (AvgIpc) is 3.40. The van der Waals surface area contributed by atoms with E-state index in [1.165, 1.54) is 30.0 Å². The fourth-order valence-electron chi connectivity index (χ4n) is 4.79. The minimum atomic E-state index is -1.11. The molecule has 0 aliphatic rings. The molecule has 2 atom stereocenters. The van der Waals surface area contributed by atoms with Gasteiger partial charge in [0.05, 0.1) is 30.3 Å². The number of imidazole rings is 1. The number of nitrogens with one attached hydrogen (secondary N) is 2. The van der Waals surface area contributed by atoms with Crippen molar-refractivity contribution in [3.05, 3.63) is 89.0 Å². The lowest BCUT2D eigenvalue weighted by Gasteiger charge is -2.25. The molecule has 2 amide bonds. The Balaban J connectivity index is 1.53. The number of carbonyl (C=O) groups is 2. The highest BCUT2D eigenvalue weighted by Gasteiger charge is 2.25. The van der Waals surface area contributed by atoms with Crippen molar-refractivity contribution in [2.24, 2.45) is 0 Å². The van der Waals surface area contributed by atoms with E-state index >= 15 is 0 Å². The van der Waals surface area contributed by atoms with Gasteiger partial charge in [-0.05, 0) is 67.3 Å². The first-order valence-electron chi connectivity index (χ1n) is 14.2. The first-order chi connectivity index (χ1) is 20.7. The number of aromatic nitrogens is 2. The van der Waals surface area contributed by atoms with Crippen LogP contribution < -0.4 is 10.1 Å². The van der Waals surface area contributed by atoms with Crippen LogP contribution >= 0.6 is 11.8 Å². The Hall–Kier alpha value is -3.96. The second kappa shape index (κ2) is 15.0. The lowest BCUT2D eigenvalue weighted by Crippen LogP contribution is -2.46. The summed E-state index contributed by atoms with van der Waals surface area (Å²) < 4.78 is 33.2. The molecular formula is C32H36F2N4O4S. The number of carbonyl (C=O) groups excluding carboxylic acids is 2. The summed E-state index contributed by atoms with van der Waals surface area (Å²) in [5, 5.41) is 14.6. The zero-order valence-electron chi connectivity index (χ0n) is 24.4. The third kappa shape index (κ3) is 8.55. The molecule has 4 aromatic rings. The van der Waals surface area contributed by atoms with Crippen LogP contribution in [0.25, 0.3) is 11.0 Å². The molecule has 8 nitrogen and oxygen atoms in total. The molecular weight excluding hydrogens is 574 g/mol. The summed E-state index contributed by atoms with van der Waals surface area (Å²) in [7, 11) is 1.57. The number of aromatic amines is 1. The second-order valence-corrected chi connectivity index (χ2v) is 11.2. The molecule has 0 bridgehead atoms. The Morgan fingerprint density at radius 3 is 2.40 bits per heavy atom. The fourth-order valence-corrected chi connectivity index (χ4v) is 5.70. The summed E-state index contributed by atoms with van der Waals surface area (Å²) in [5.74, 6) is -1.39. The standard InChI is InChI=1S/C32H36F2N4O4S/c1-4-11-38(12-5-2)31(41)22-8-6-7-21(16-22)30(40)35-28(15-20-13-23(33)17-24(34)14-20)29(39)19-43-32-36-26-10-9-25(42-3)18-27(26)37-32/h6-10,13-14,16-18,28-29,39H,4-5,11-12,15,19H2,1-3H3,(H,35,40)(H,36,37). The SMILES string of the molecule is CCCN(CCC)C(=O)c1cccc(C(=O)NC(Cc2cc(F)cc(F)c2)C(O)CSc2nc3ccc(OC)cc3[nH]2)c1. The van der Waals surface area contributed by atoms with Crippen molar-refractivity contribution in [2.45, 2.75) is 50.4 Å². The molecule has 4 rings (SSSR count). The normalized spacial score (nSPS) is 12.6. The predicted octanol–water partition coefficient (Wildman–Crippen LogP) is 5.61. The molecule has 0 fully saturated rings. The lowest BCUT2D eigenvalue weighted by atomic mass is 10.0. The Morgan fingerprint density at radius 2 is 1.72 bits per heavy atom. The van der Waals surface area contributed by atoms with Crippen molar-refractivity contribution in [1.29, 1.82) is 0 Å². The van der Waals surface area contributed by atoms with Crippen molar-refractivity contribution in [1.82, 2.24) is 20.2 Å². The fraction of sp³-hybridized carbons (Fsp3) is 0.344. The quantitative estimate of drug-likeness (QED) is 0.160. The van der Waals surface area contributed by atoms with E-state index in [1.807, 2.05) is 26.0 Å². The van der Waals surface area contributed by atoms with Crippen molar-refractivity contribution in [2.75, 3.05) is 26.0 Å². The van der Waals surface area contributed by atoms with Gasteiger partial charge >= 0.3 is 0 Å². The summed E-state index contributed by atoms with van der Waals surface area (Å²) in [6.07, 6.45) is 0.481. The molecule has 1 heterocycles. The number of ether oxygens (including phenoxy) is 1. The molecule has 43 heavy (non-hydrogen) atoms. The smallest absolute Gasteiger partial charge is 0.253 e. The number of aliphatic hydroxyl groups is 1. The molecule has 3 N–H and O–H groups in total. The highest BCUT2D eigenvalue weighted by molar-refractivity contribution is 7.99. The van der Waals surface area contributed by atoms with Crippen LogP contribution in [0.1, 0.15) is 53.0 Å². The molecule has 0 radical (unpaired) electrons. The number of aliphatic hydroxyl groups excluding tert-OH is 1. The third-order valence-corrected chi connectivity index (χ3v) is 7.84. The van der Waals surface area contributed by atoms with Gasteiger partial charge in [-0.25, -0.2) is 13.8 Å². The van der Waals surface area contributed by atoms with Crippen LogP contribution in [0.2, 0.25) is 0 Å². The van der Waals surface area contributed by atoms with E-state index in [1.54, 1.807) is 36.3 Å². The van der Waals surface area contributed by atoms with Crippen LogP contribution in [0.5, 0.6) is 5.75 Å². The number of hydrogen-bond donors (Lipinski definition) is 3. The molecule has 11 heteroatoms. The summed E-state index contributed by atoms with van der Waals surface area (Å²) in [5.41, 5.74) is 2.39. The second-order valence-electron chi connectivity index (χ2n) is 10.2. The molecule has 2 unspecified atom stereocenters. The van der Waals surface area contributed by atoms with Gasteiger partial charge in [0.25, 0.3) is 11.8 Å². The monoisotopic (exact) mass is 610 g/mol. The molecule has 0 aliphatic carbocycles. The van der Waals surface area contributed by atoms with Crippen LogP contribution in [-0.2, 0) is 6.42 Å². The summed E-state index contributed by atoms with van der Waals surface area (Å²) in [4.78, 5) is 36.0. The van der Waals surface area contributed by atoms with Crippen molar-refractivity contribution in [3.63, 3.8) is 0 Å². The molecule has 0 saturated heterocycles. The topological polar surface area (TPSA) is 108 Å². The van der Waals surface area contributed by atoms with Crippen LogP contribution in [0, 0.1) is 11.6 Å². The van der Waals surface area contributed by atoms with Gasteiger partial charge in [-0.1, -0.05) is 31.7 Å². The van der Waals surface area contributed by atoms with Crippen molar-refractivity contribution in [3.8, 4) is 5.75 Å². The maximum absolute atomic E-state index is 14.0. The lowest BCUT2D eigenvalue weighted by molar-refractivity contribution is 0.0755. The van der Waals surface area contributed by atoms with Crippen molar-refractivity contribution >= 4 is 34.6 Å². The maximum Gasteiger partial charge on any atom is 0.253 e. The van der Waals surface area contributed by atoms with Crippen LogP contribution in [0.15, 0.2) is 65.8 Å². The van der Waals surface area contributed by atoms with Crippen LogP contribution in [0.3, 0.4) is 0 Å². The summed E-state index contributed by atoms with van der Waals surface area (Å²) in [6.45, 7) is 5.22. The number of nitrogens with zero attached hydrogens (tertiary/aromatic N) is 2. The number of thioether (sulfide) groups is 1. The van der Waals surface area contributed by atoms with E-state index in [-0.39, 0.29) is 29.2 Å². The Bertz CT molecular complexity index is 1540. The number of benzene rings is 3.